The summed E-state index contributed by atoms with van der Waals surface area (Å²) in [5, 5.41) is 15.6. The second-order valence-corrected chi connectivity index (χ2v) is 6.70. The number of primary amides is 1. The topological polar surface area (TPSA) is 194 Å². The summed E-state index contributed by atoms with van der Waals surface area (Å²) in [6.07, 6.45) is -0.0469. The second-order valence-electron chi connectivity index (χ2n) is 6.70. The number of benzene rings is 1. The number of hydrogen-bond donors (Lipinski definition) is 6. The summed E-state index contributed by atoms with van der Waals surface area (Å²) in [6.45, 7) is 0.755. The molecule has 0 saturated heterocycles. The predicted molar refractivity (Wildman–Crippen MR) is 107 cm³/mol. The lowest BCUT2D eigenvalue weighted by Gasteiger charge is -2.21. The smallest absolute Gasteiger partial charge is 0.322 e. The van der Waals surface area contributed by atoms with Crippen molar-refractivity contribution in [3.8, 4) is 0 Å². The molecule has 4 amide bonds. The van der Waals surface area contributed by atoms with Gasteiger partial charge in [-0.15, -0.1) is 0 Å². The second kappa shape index (κ2) is 12.2. The zero-order valence-electron chi connectivity index (χ0n) is 16.6. The lowest BCUT2D eigenvalue weighted by atomic mass is 10.1. The van der Waals surface area contributed by atoms with Crippen LogP contribution in [-0.4, -0.2) is 59.4 Å². The van der Waals surface area contributed by atoms with Crippen LogP contribution in [-0.2, 0) is 30.4 Å². The van der Waals surface area contributed by atoms with Gasteiger partial charge in [-0.25, -0.2) is 0 Å². The first kappa shape index (κ1) is 24.6. The Morgan fingerprint density at radius 2 is 1.63 bits per heavy atom. The highest BCUT2D eigenvalue weighted by Gasteiger charge is 2.26. The normalized spacial score (nSPS) is 13.4. The minimum Gasteiger partial charge on any atom is -0.480 e. The van der Waals surface area contributed by atoms with Crippen molar-refractivity contribution in [1.29, 1.82) is 0 Å². The molecule has 30 heavy (non-hydrogen) atoms. The van der Waals surface area contributed by atoms with Crippen molar-refractivity contribution in [3.63, 3.8) is 0 Å². The highest BCUT2D eigenvalue weighted by atomic mass is 16.4. The van der Waals surface area contributed by atoms with Crippen LogP contribution in [0.1, 0.15) is 25.3 Å². The third-order valence-electron chi connectivity index (χ3n) is 4.11. The molecule has 0 aromatic heterocycles. The van der Waals surface area contributed by atoms with Crippen LogP contribution >= 0.6 is 0 Å². The third kappa shape index (κ3) is 9.15. The molecule has 0 aliphatic rings. The Labute approximate surface area is 173 Å². The summed E-state index contributed by atoms with van der Waals surface area (Å²) in [5.74, 6) is -3.99. The van der Waals surface area contributed by atoms with Gasteiger partial charge in [0.25, 0.3) is 0 Å². The molecule has 1 aromatic rings. The summed E-state index contributed by atoms with van der Waals surface area (Å²) in [4.78, 5) is 58.3. The molecule has 1 aromatic carbocycles. The van der Waals surface area contributed by atoms with Crippen molar-refractivity contribution < 1.29 is 29.1 Å². The van der Waals surface area contributed by atoms with E-state index in [2.05, 4.69) is 16.0 Å². The van der Waals surface area contributed by atoms with Crippen LogP contribution in [0.25, 0.3) is 0 Å². The number of carboxylic acid groups (broad SMARTS) is 1. The van der Waals surface area contributed by atoms with E-state index in [0.29, 0.717) is 0 Å². The predicted octanol–water partition coefficient (Wildman–Crippen LogP) is -1.99. The SMILES string of the molecule is CC(NC(=O)C(N)Cc1ccccc1)C(=O)NC(CCC(N)=O)C(=O)NCC(=O)O. The number of nitrogens with two attached hydrogens (primary N) is 2. The summed E-state index contributed by atoms with van der Waals surface area (Å²) in [7, 11) is 0. The van der Waals surface area contributed by atoms with Gasteiger partial charge in [-0.2, -0.15) is 0 Å². The Hall–Kier alpha value is -3.47. The maximum absolute atomic E-state index is 12.4. The highest BCUT2D eigenvalue weighted by molar-refractivity contribution is 5.93. The molecule has 0 aliphatic heterocycles. The Balaban J connectivity index is 2.65. The maximum atomic E-state index is 12.4. The standard InChI is InChI=1S/C19H27N5O6/c1-11(23-18(29)13(20)9-12-5-3-2-4-6-12)17(28)24-14(7-8-15(21)25)19(30)22-10-16(26)27/h2-6,11,13-14H,7-10,20H2,1H3,(H2,21,25)(H,22,30)(H,23,29)(H,24,28)(H,26,27). The van der Waals surface area contributed by atoms with Gasteiger partial charge in [0.1, 0.15) is 18.6 Å². The van der Waals surface area contributed by atoms with Crippen LogP contribution in [0.2, 0.25) is 0 Å². The van der Waals surface area contributed by atoms with Crippen molar-refractivity contribution >= 4 is 29.6 Å². The Morgan fingerprint density at radius 1 is 1.00 bits per heavy atom. The van der Waals surface area contributed by atoms with E-state index in [1.165, 1.54) is 6.92 Å². The first-order valence-corrected chi connectivity index (χ1v) is 9.28. The van der Waals surface area contributed by atoms with E-state index in [0.717, 1.165) is 5.56 Å². The fourth-order valence-electron chi connectivity index (χ4n) is 2.48. The molecule has 0 aliphatic carbocycles. The van der Waals surface area contributed by atoms with Gasteiger partial charge in [0.2, 0.25) is 23.6 Å². The van der Waals surface area contributed by atoms with Crippen molar-refractivity contribution in [2.24, 2.45) is 11.5 Å². The van der Waals surface area contributed by atoms with Gasteiger partial charge >= 0.3 is 5.97 Å². The van der Waals surface area contributed by atoms with Gasteiger partial charge in [-0.05, 0) is 25.3 Å². The van der Waals surface area contributed by atoms with E-state index in [1.807, 2.05) is 30.3 Å². The van der Waals surface area contributed by atoms with Gasteiger partial charge < -0.3 is 32.5 Å². The van der Waals surface area contributed by atoms with E-state index in [4.69, 9.17) is 16.6 Å². The lowest BCUT2D eigenvalue weighted by molar-refractivity contribution is -0.138. The van der Waals surface area contributed by atoms with Gasteiger partial charge in [-0.3, -0.25) is 24.0 Å². The average molecular weight is 421 g/mol. The van der Waals surface area contributed by atoms with Gasteiger partial charge in [0.05, 0.1) is 6.04 Å². The minimum absolute atomic E-state index is 0.124. The number of nitrogens with one attached hydrogen (secondary N) is 3. The third-order valence-corrected chi connectivity index (χ3v) is 4.11. The summed E-state index contributed by atoms with van der Waals surface area (Å²) < 4.78 is 0. The van der Waals surface area contributed by atoms with Crippen molar-refractivity contribution in [2.45, 2.75) is 44.3 Å². The quantitative estimate of drug-likeness (QED) is 0.225. The lowest BCUT2D eigenvalue weighted by Crippen LogP contribution is -2.55. The number of aliphatic carboxylic acids is 1. The van der Waals surface area contributed by atoms with Crippen LogP contribution in [0.3, 0.4) is 0 Å². The van der Waals surface area contributed by atoms with Crippen LogP contribution in [0.5, 0.6) is 0 Å². The number of carbonyl (C=O) groups excluding carboxylic acids is 4. The number of carboxylic acids is 1. The zero-order valence-corrected chi connectivity index (χ0v) is 16.6. The maximum Gasteiger partial charge on any atom is 0.322 e. The molecule has 0 spiro atoms. The minimum atomic E-state index is -1.27. The molecule has 0 saturated carbocycles. The number of carbonyl (C=O) groups is 5. The summed E-state index contributed by atoms with van der Waals surface area (Å²) >= 11 is 0. The fraction of sp³-hybridized carbons (Fsp3) is 0.421. The van der Waals surface area contributed by atoms with E-state index in [9.17, 15) is 24.0 Å². The molecule has 3 atom stereocenters. The van der Waals surface area contributed by atoms with Crippen LogP contribution in [0.4, 0.5) is 0 Å². The first-order chi connectivity index (χ1) is 14.1. The van der Waals surface area contributed by atoms with Gasteiger partial charge in [-0.1, -0.05) is 30.3 Å². The molecule has 0 bridgehead atoms. The van der Waals surface area contributed by atoms with Gasteiger partial charge in [0.15, 0.2) is 0 Å². The molecular weight excluding hydrogens is 394 g/mol. The Morgan fingerprint density at radius 3 is 2.20 bits per heavy atom. The van der Waals surface area contributed by atoms with E-state index >= 15 is 0 Å². The van der Waals surface area contributed by atoms with Crippen LogP contribution < -0.4 is 27.4 Å². The molecule has 1 rings (SSSR count). The zero-order chi connectivity index (χ0) is 22.7. The van der Waals surface area contributed by atoms with Crippen LogP contribution in [0, 0.1) is 0 Å². The number of hydrogen-bond acceptors (Lipinski definition) is 6. The first-order valence-electron chi connectivity index (χ1n) is 9.28. The molecule has 11 heteroatoms. The van der Waals surface area contributed by atoms with E-state index in [-0.39, 0.29) is 19.3 Å². The molecule has 0 fully saturated rings. The molecule has 0 radical (unpaired) electrons. The van der Waals surface area contributed by atoms with Crippen LogP contribution in [0.15, 0.2) is 30.3 Å². The van der Waals surface area contributed by atoms with Gasteiger partial charge in [0, 0.05) is 6.42 Å². The molecule has 3 unspecified atom stereocenters. The molecular formula is C19H27N5O6. The summed E-state index contributed by atoms with van der Waals surface area (Å²) in [6, 6.07) is 6.01. The van der Waals surface area contributed by atoms with E-state index in [1.54, 1.807) is 0 Å². The van der Waals surface area contributed by atoms with Crippen molar-refractivity contribution in [2.75, 3.05) is 6.54 Å². The van der Waals surface area contributed by atoms with Crippen molar-refractivity contribution in [3.05, 3.63) is 35.9 Å². The number of rotatable bonds is 12. The average Bonchev–Trinajstić information content (AvgIpc) is 2.69. The molecule has 164 valence electrons. The largest absolute Gasteiger partial charge is 0.480 e. The highest BCUT2D eigenvalue weighted by Crippen LogP contribution is 2.03. The molecule has 11 nitrogen and oxygen atoms in total. The Bertz CT molecular complexity index is 770. The van der Waals surface area contributed by atoms with E-state index < -0.39 is 54.3 Å². The van der Waals surface area contributed by atoms with Crippen molar-refractivity contribution in [1.82, 2.24) is 16.0 Å². The number of amides is 4. The monoisotopic (exact) mass is 421 g/mol. The summed E-state index contributed by atoms with van der Waals surface area (Å²) in [5.41, 5.74) is 11.8. The Kier molecular flexibility index (Phi) is 9.97. The molecule has 0 heterocycles. The fourth-order valence-corrected chi connectivity index (χ4v) is 2.48. The molecule has 8 N–H and O–H groups in total.